The minimum absolute atomic E-state index is 0.116. The Hall–Kier alpha value is -1.97. The summed E-state index contributed by atoms with van der Waals surface area (Å²) in [6.45, 7) is 1.99. The molecule has 1 aliphatic heterocycles. The first-order valence-electron chi connectivity index (χ1n) is 11.5. The van der Waals surface area contributed by atoms with Gasteiger partial charge in [0.2, 0.25) is 0 Å². The zero-order chi connectivity index (χ0) is 23.4. The van der Waals surface area contributed by atoms with Crippen LogP contribution in [0.5, 0.6) is 0 Å². The van der Waals surface area contributed by atoms with E-state index in [-0.39, 0.29) is 22.3 Å². The summed E-state index contributed by atoms with van der Waals surface area (Å²) >= 11 is 6.32. The summed E-state index contributed by atoms with van der Waals surface area (Å²) in [5.41, 5.74) is 5.55. The molecule has 2 aliphatic rings. The molecule has 0 unspecified atom stereocenters. The Balaban J connectivity index is 1.59. The molecule has 2 aromatic heterocycles. The van der Waals surface area contributed by atoms with Crippen LogP contribution in [0.3, 0.4) is 0 Å². The number of hydrogen-bond donors (Lipinski definition) is 2. The third-order valence-electron chi connectivity index (χ3n) is 6.51. The second-order valence-corrected chi connectivity index (χ2v) is 9.43. The molecule has 0 atom stereocenters. The molecule has 10 heteroatoms. The van der Waals surface area contributed by atoms with E-state index in [4.69, 9.17) is 22.1 Å². The summed E-state index contributed by atoms with van der Waals surface area (Å²) < 4.78 is 46.7. The van der Waals surface area contributed by atoms with Gasteiger partial charge in [0.05, 0.1) is 11.2 Å². The minimum Gasteiger partial charge on any atom is -0.381 e. The average molecular weight is 484 g/mol. The fourth-order valence-electron chi connectivity index (χ4n) is 4.53. The third-order valence-corrected chi connectivity index (χ3v) is 6.81. The molecule has 33 heavy (non-hydrogen) atoms. The van der Waals surface area contributed by atoms with Crippen LogP contribution in [0, 0.1) is 11.8 Å². The van der Waals surface area contributed by atoms with E-state index in [1.54, 1.807) is 6.07 Å². The molecule has 3 heterocycles. The number of nitrogens with one attached hydrogen (secondary N) is 1. The number of nitrogens with two attached hydrogens (primary N) is 1. The lowest BCUT2D eigenvalue weighted by Crippen LogP contribution is -2.27. The Morgan fingerprint density at radius 1 is 1.03 bits per heavy atom. The monoisotopic (exact) mass is 483 g/mol. The molecule has 1 saturated carbocycles. The number of rotatable bonds is 6. The van der Waals surface area contributed by atoms with Gasteiger partial charge in [-0.1, -0.05) is 11.6 Å². The van der Waals surface area contributed by atoms with E-state index in [1.165, 1.54) is 6.20 Å². The van der Waals surface area contributed by atoms with E-state index in [2.05, 4.69) is 20.3 Å². The maximum absolute atomic E-state index is 13.8. The Kier molecular flexibility index (Phi) is 7.71. The zero-order valence-electron chi connectivity index (χ0n) is 18.4. The van der Waals surface area contributed by atoms with Crippen molar-refractivity contribution in [2.45, 2.75) is 57.2 Å². The first-order valence-corrected chi connectivity index (χ1v) is 11.8. The molecular weight excluding hydrogens is 455 g/mol. The molecule has 180 valence electrons. The van der Waals surface area contributed by atoms with Crippen LogP contribution in [0.15, 0.2) is 18.5 Å². The maximum Gasteiger partial charge on any atom is 0.435 e. The van der Waals surface area contributed by atoms with E-state index in [0.717, 1.165) is 44.7 Å². The highest BCUT2D eigenvalue weighted by Crippen LogP contribution is 2.38. The number of anilines is 1. The Labute approximate surface area is 196 Å². The molecule has 1 aliphatic carbocycles. The Morgan fingerprint density at radius 3 is 2.45 bits per heavy atom. The van der Waals surface area contributed by atoms with Gasteiger partial charge in [-0.15, -0.1) is 0 Å². The summed E-state index contributed by atoms with van der Waals surface area (Å²) in [6, 6.07) is 1.86. The van der Waals surface area contributed by atoms with Crippen LogP contribution >= 0.6 is 11.6 Å². The predicted molar refractivity (Wildman–Crippen MR) is 121 cm³/mol. The van der Waals surface area contributed by atoms with Gasteiger partial charge in [0.25, 0.3) is 0 Å². The summed E-state index contributed by atoms with van der Waals surface area (Å²) in [5, 5.41) is 3.26. The number of pyridine rings is 1. The molecule has 3 N–H and O–H groups in total. The van der Waals surface area contributed by atoms with Crippen molar-refractivity contribution < 1.29 is 17.9 Å². The fraction of sp³-hybridized carbons (Fsp3) is 0.609. The SMILES string of the molecule is NC1CCC(Cc2cc(-c3nc(NCC4CCOCC4)cnc3C(F)(F)F)c(Cl)cn2)CC1. The van der Waals surface area contributed by atoms with E-state index in [9.17, 15) is 13.2 Å². The predicted octanol–water partition coefficient (Wildman–Crippen LogP) is 5.11. The average Bonchev–Trinajstić information content (AvgIpc) is 2.80. The molecule has 0 radical (unpaired) electrons. The first-order chi connectivity index (χ1) is 15.8. The number of nitrogens with zero attached hydrogens (tertiary/aromatic N) is 3. The molecule has 4 rings (SSSR count). The van der Waals surface area contributed by atoms with Gasteiger partial charge in [0.15, 0.2) is 5.69 Å². The lowest BCUT2D eigenvalue weighted by atomic mass is 9.83. The number of hydrogen-bond acceptors (Lipinski definition) is 6. The highest BCUT2D eigenvalue weighted by atomic mass is 35.5. The molecule has 2 aromatic rings. The second-order valence-electron chi connectivity index (χ2n) is 9.03. The van der Waals surface area contributed by atoms with Crippen molar-refractivity contribution in [2.75, 3.05) is 25.1 Å². The largest absolute Gasteiger partial charge is 0.435 e. The lowest BCUT2D eigenvalue weighted by Gasteiger charge is -2.26. The van der Waals surface area contributed by atoms with Gasteiger partial charge in [0.1, 0.15) is 11.5 Å². The van der Waals surface area contributed by atoms with Crippen molar-refractivity contribution in [3.8, 4) is 11.3 Å². The summed E-state index contributed by atoms with van der Waals surface area (Å²) in [7, 11) is 0. The van der Waals surface area contributed by atoms with Gasteiger partial charge in [-0.25, -0.2) is 9.97 Å². The molecule has 6 nitrogen and oxygen atoms in total. The van der Waals surface area contributed by atoms with Gasteiger partial charge in [-0.3, -0.25) is 4.98 Å². The van der Waals surface area contributed by atoms with E-state index < -0.39 is 11.9 Å². The lowest BCUT2D eigenvalue weighted by molar-refractivity contribution is -0.140. The van der Waals surface area contributed by atoms with Crippen LogP contribution in [-0.2, 0) is 17.3 Å². The quantitative estimate of drug-likeness (QED) is 0.594. The molecule has 0 amide bonds. The van der Waals surface area contributed by atoms with Crippen molar-refractivity contribution in [1.82, 2.24) is 15.0 Å². The summed E-state index contributed by atoms with van der Waals surface area (Å²) in [5.74, 6) is 1.08. The van der Waals surface area contributed by atoms with Gasteiger partial charge in [-0.2, -0.15) is 13.2 Å². The first kappa shape index (κ1) is 24.2. The van der Waals surface area contributed by atoms with Crippen molar-refractivity contribution in [1.29, 1.82) is 0 Å². The van der Waals surface area contributed by atoms with Gasteiger partial charge >= 0.3 is 6.18 Å². The normalized spacial score (nSPS) is 22.3. The number of aromatic nitrogens is 3. The maximum atomic E-state index is 13.8. The zero-order valence-corrected chi connectivity index (χ0v) is 19.1. The van der Waals surface area contributed by atoms with Crippen LogP contribution in [-0.4, -0.2) is 40.8 Å². The Bertz CT molecular complexity index is 944. The van der Waals surface area contributed by atoms with Crippen molar-refractivity contribution in [2.24, 2.45) is 17.6 Å². The highest BCUT2D eigenvalue weighted by molar-refractivity contribution is 6.33. The molecule has 0 aromatic carbocycles. The third kappa shape index (κ3) is 6.33. The summed E-state index contributed by atoms with van der Waals surface area (Å²) in [6.07, 6.45) is 4.24. The Morgan fingerprint density at radius 2 is 1.76 bits per heavy atom. The van der Waals surface area contributed by atoms with Crippen LogP contribution in [0.25, 0.3) is 11.3 Å². The standard InChI is InChI=1S/C23H29ClF3N5O/c24-19-12-29-17(9-14-1-3-16(28)4-2-14)10-18(19)21-22(23(25,26)27)31-13-20(32-21)30-11-15-5-7-33-8-6-15/h10,12-16H,1-9,11,28H2,(H,30,32). The molecule has 0 spiro atoms. The minimum atomic E-state index is -4.66. The summed E-state index contributed by atoms with van der Waals surface area (Å²) in [4.78, 5) is 12.4. The fourth-order valence-corrected chi connectivity index (χ4v) is 4.72. The topological polar surface area (TPSA) is 86.0 Å². The van der Waals surface area contributed by atoms with Crippen LogP contribution in [0.2, 0.25) is 5.02 Å². The highest BCUT2D eigenvalue weighted by Gasteiger charge is 2.37. The van der Waals surface area contributed by atoms with E-state index in [0.29, 0.717) is 49.5 Å². The second kappa shape index (κ2) is 10.5. The molecule has 2 fully saturated rings. The van der Waals surface area contributed by atoms with Crippen molar-refractivity contribution in [3.63, 3.8) is 0 Å². The van der Waals surface area contributed by atoms with E-state index in [1.807, 2.05) is 0 Å². The van der Waals surface area contributed by atoms with Gasteiger partial charge in [0, 0.05) is 43.3 Å². The molecular formula is C23H29ClF3N5O. The van der Waals surface area contributed by atoms with Gasteiger partial charge in [-0.05, 0) is 62.8 Å². The van der Waals surface area contributed by atoms with Crippen molar-refractivity contribution >= 4 is 17.4 Å². The molecule has 1 saturated heterocycles. The van der Waals surface area contributed by atoms with Crippen molar-refractivity contribution in [3.05, 3.63) is 34.9 Å². The van der Waals surface area contributed by atoms with Gasteiger partial charge < -0.3 is 15.8 Å². The number of alkyl halides is 3. The molecule has 0 bridgehead atoms. The number of ether oxygens (including phenoxy) is 1. The number of halogens is 4. The smallest absolute Gasteiger partial charge is 0.381 e. The van der Waals surface area contributed by atoms with Crippen LogP contribution in [0.4, 0.5) is 19.0 Å². The van der Waals surface area contributed by atoms with Crippen LogP contribution < -0.4 is 11.1 Å². The van der Waals surface area contributed by atoms with Crippen LogP contribution in [0.1, 0.15) is 49.9 Å². The van der Waals surface area contributed by atoms with E-state index >= 15 is 0 Å².